The van der Waals surface area contributed by atoms with Gasteiger partial charge < -0.3 is 9.47 Å². The first kappa shape index (κ1) is 58.7. The number of ether oxygens (including phenoxy) is 2. The van der Waals surface area contributed by atoms with Crippen molar-refractivity contribution in [2.45, 2.75) is 89.3 Å². The van der Waals surface area contributed by atoms with Gasteiger partial charge in [-0.2, -0.15) is 83.2 Å². The highest BCUT2D eigenvalue weighted by molar-refractivity contribution is 7.89. The van der Waals surface area contributed by atoms with E-state index in [4.69, 9.17) is 9.47 Å². The maximum Gasteiger partial charge on any atom is 0.460 e. The van der Waals surface area contributed by atoms with E-state index >= 15 is 0 Å². The molecule has 69 heavy (non-hydrogen) atoms. The minimum absolute atomic E-state index is 0.0556. The first-order chi connectivity index (χ1) is 31.3. The maximum atomic E-state index is 15.0. The van der Waals surface area contributed by atoms with E-state index in [1.165, 1.54) is 43.4 Å². The van der Waals surface area contributed by atoms with Gasteiger partial charge in [0.05, 0.1) is 35.7 Å². The Kier molecular flexibility index (Phi) is 17.8. The summed E-state index contributed by atoms with van der Waals surface area (Å²) in [6, 6.07) is 7.30. The summed E-state index contributed by atoms with van der Waals surface area (Å²) in [5.74, 6) is -58.2. The van der Waals surface area contributed by atoms with Gasteiger partial charge in [-0.3, -0.25) is 10.1 Å². The van der Waals surface area contributed by atoms with Crippen molar-refractivity contribution >= 4 is 25.7 Å². The molecule has 11 nitrogen and oxygen atoms in total. The standard InChI is InChI=1S/C39H38F17N3O8S2/c1-4-20-67-28-14-13-27(22-28)58(69(64,65)31-10-6-5-9-30(31)59(60)61)18-7-8-21-66-24-26(3)23-57(68(62,63)29-15-11-25(2)12-16-29)19-17-32(40,41)33(42,43)34(44,45)35(46,47)36(48,49)37(50,51)38(52,53)39(54,55)56/h4-16,27-28H,1,3,17-24H2,2H3/b8-7-/t27-,28-/m0/s1. The Bertz CT molecular complexity index is 2450. The number of hydrogen-bond donors (Lipinski definition) is 0. The van der Waals surface area contributed by atoms with Gasteiger partial charge in [-0.1, -0.05) is 66.8 Å². The highest BCUT2D eigenvalue weighted by Gasteiger charge is 2.95. The Morgan fingerprint density at radius 3 is 1.83 bits per heavy atom. The summed E-state index contributed by atoms with van der Waals surface area (Å²) in [5.41, 5.74) is -0.879. The van der Waals surface area contributed by atoms with Crippen molar-refractivity contribution in [3.63, 3.8) is 0 Å². The lowest BCUT2D eigenvalue weighted by Crippen LogP contribution is -2.74. The minimum atomic E-state index is -8.84. The van der Waals surface area contributed by atoms with Crippen molar-refractivity contribution in [1.29, 1.82) is 0 Å². The molecule has 0 bridgehead atoms. The van der Waals surface area contributed by atoms with Crippen LogP contribution in [0.4, 0.5) is 80.3 Å². The van der Waals surface area contributed by atoms with Crippen LogP contribution in [0.2, 0.25) is 0 Å². The second kappa shape index (κ2) is 21.0. The number of para-hydroxylation sites is 1. The van der Waals surface area contributed by atoms with Crippen molar-refractivity contribution in [3.8, 4) is 0 Å². The molecule has 0 spiro atoms. The molecule has 2 aromatic carbocycles. The molecule has 0 radical (unpaired) electrons. The lowest BCUT2D eigenvalue weighted by molar-refractivity contribution is -0.461. The molecular weight excluding hydrogens is 1030 g/mol. The van der Waals surface area contributed by atoms with Gasteiger partial charge in [0.25, 0.3) is 15.7 Å². The Balaban J connectivity index is 1.86. The molecule has 0 N–H and O–H groups in total. The fraction of sp³-hybridized carbons (Fsp3) is 0.487. The second-order valence-corrected chi connectivity index (χ2v) is 18.7. The van der Waals surface area contributed by atoms with Crippen LogP contribution in [0.1, 0.15) is 18.4 Å². The monoisotopic (exact) mass is 1060 g/mol. The van der Waals surface area contributed by atoms with Crippen molar-refractivity contribution in [2.75, 3.05) is 39.5 Å². The summed E-state index contributed by atoms with van der Waals surface area (Å²) in [7, 11) is -9.91. The van der Waals surface area contributed by atoms with E-state index in [-0.39, 0.29) is 17.3 Å². The first-order valence-corrected chi connectivity index (χ1v) is 22.0. The van der Waals surface area contributed by atoms with Gasteiger partial charge >= 0.3 is 47.6 Å². The molecule has 0 saturated carbocycles. The zero-order valence-corrected chi connectivity index (χ0v) is 36.7. The summed E-state index contributed by atoms with van der Waals surface area (Å²) in [6.45, 7) is 3.20. The number of aryl methyl sites for hydroxylation is 1. The van der Waals surface area contributed by atoms with Crippen LogP contribution in [0.15, 0.2) is 107 Å². The smallest absolute Gasteiger partial charge is 0.373 e. The molecule has 2 atom stereocenters. The van der Waals surface area contributed by atoms with Gasteiger partial charge in [0.15, 0.2) is 4.90 Å². The van der Waals surface area contributed by atoms with Crippen molar-refractivity contribution < 1.29 is 106 Å². The molecule has 30 heteroatoms. The zero-order valence-electron chi connectivity index (χ0n) is 35.1. The van der Waals surface area contributed by atoms with Crippen LogP contribution in [0, 0.1) is 17.0 Å². The van der Waals surface area contributed by atoms with Gasteiger partial charge in [0.1, 0.15) is 0 Å². The molecule has 0 aliphatic heterocycles. The predicted octanol–water partition coefficient (Wildman–Crippen LogP) is 10.0. The maximum absolute atomic E-state index is 15.0. The number of rotatable bonds is 26. The van der Waals surface area contributed by atoms with Crippen LogP contribution in [0.3, 0.4) is 0 Å². The molecule has 0 heterocycles. The molecule has 1 aliphatic carbocycles. The van der Waals surface area contributed by atoms with Crippen LogP contribution in [0.25, 0.3) is 0 Å². The van der Waals surface area contributed by atoms with E-state index in [0.717, 1.165) is 40.7 Å². The molecule has 0 unspecified atom stereocenters. The summed E-state index contributed by atoms with van der Waals surface area (Å²) < 4.78 is 302. The third kappa shape index (κ3) is 11.6. The van der Waals surface area contributed by atoms with Gasteiger partial charge in [0.2, 0.25) is 10.0 Å². The van der Waals surface area contributed by atoms with Crippen LogP contribution in [-0.4, -0.2) is 130 Å². The number of alkyl halides is 17. The number of nitro benzene ring substituents is 1. The number of nitrogens with zero attached hydrogens (tertiary/aromatic N) is 3. The first-order valence-electron chi connectivity index (χ1n) is 19.1. The number of nitro groups is 1. The Morgan fingerprint density at radius 2 is 1.29 bits per heavy atom. The number of sulfonamides is 2. The van der Waals surface area contributed by atoms with E-state index in [9.17, 15) is 102 Å². The second-order valence-electron chi connectivity index (χ2n) is 14.9. The van der Waals surface area contributed by atoms with Crippen LogP contribution in [-0.2, 0) is 29.5 Å². The van der Waals surface area contributed by atoms with Gasteiger partial charge in [0, 0.05) is 38.2 Å². The van der Waals surface area contributed by atoms with Crippen molar-refractivity contribution in [3.05, 3.63) is 113 Å². The highest BCUT2D eigenvalue weighted by Crippen LogP contribution is 2.64. The lowest BCUT2D eigenvalue weighted by atomic mass is 9.88. The predicted molar refractivity (Wildman–Crippen MR) is 209 cm³/mol. The van der Waals surface area contributed by atoms with E-state index in [2.05, 4.69) is 13.2 Å². The van der Waals surface area contributed by atoms with E-state index < -0.39 is 145 Å². The fourth-order valence-electron chi connectivity index (χ4n) is 6.12. The van der Waals surface area contributed by atoms with Gasteiger partial charge in [-0.05, 0) is 37.1 Å². The molecule has 0 aromatic heterocycles. The Hall–Kier alpha value is -4.65. The highest BCUT2D eigenvalue weighted by atomic mass is 32.2. The molecule has 1 aliphatic rings. The molecule has 388 valence electrons. The minimum Gasteiger partial charge on any atom is -0.373 e. The van der Waals surface area contributed by atoms with Crippen LogP contribution in [0.5, 0.6) is 0 Å². The van der Waals surface area contributed by atoms with Crippen molar-refractivity contribution in [2.24, 2.45) is 0 Å². The van der Waals surface area contributed by atoms with E-state index in [1.54, 1.807) is 6.08 Å². The molecule has 3 rings (SSSR count). The normalized spacial score (nSPS) is 17.3. The van der Waals surface area contributed by atoms with Crippen LogP contribution >= 0.6 is 0 Å². The Labute approximate surface area is 381 Å². The lowest BCUT2D eigenvalue weighted by Gasteiger charge is -2.43. The summed E-state index contributed by atoms with van der Waals surface area (Å²) in [5, 5.41) is 11.7. The van der Waals surface area contributed by atoms with Crippen molar-refractivity contribution in [1.82, 2.24) is 8.61 Å². The molecule has 0 fully saturated rings. The topological polar surface area (TPSA) is 136 Å². The molecule has 0 saturated heterocycles. The number of halogens is 17. The molecule has 2 aromatic rings. The van der Waals surface area contributed by atoms with E-state index in [1.807, 2.05) is 0 Å². The molecule has 0 amide bonds. The van der Waals surface area contributed by atoms with Crippen LogP contribution < -0.4 is 0 Å². The quantitative estimate of drug-likeness (QED) is 0.0299. The summed E-state index contributed by atoms with van der Waals surface area (Å²) in [6.07, 6.45) is -4.72. The summed E-state index contributed by atoms with van der Waals surface area (Å²) in [4.78, 5) is 9.25. The molecular formula is C39H38F17N3O8S2. The van der Waals surface area contributed by atoms with Gasteiger partial charge in [-0.25, -0.2) is 16.8 Å². The average Bonchev–Trinajstić information content (AvgIpc) is 3.71. The third-order valence-corrected chi connectivity index (χ3v) is 13.8. The number of benzene rings is 2. The zero-order chi connectivity index (χ0) is 53.0. The largest absolute Gasteiger partial charge is 0.460 e. The van der Waals surface area contributed by atoms with Gasteiger partial charge in [-0.15, -0.1) is 6.58 Å². The number of hydrogen-bond acceptors (Lipinski definition) is 8. The Morgan fingerprint density at radius 1 is 0.754 bits per heavy atom. The summed E-state index contributed by atoms with van der Waals surface area (Å²) >= 11 is 0. The fourth-order valence-corrected chi connectivity index (χ4v) is 9.28. The third-order valence-electron chi connectivity index (χ3n) is 9.96. The van der Waals surface area contributed by atoms with E-state index in [0.29, 0.717) is 5.56 Å². The SMILES string of the molecule is C=CCO[C@H]1C=C[C@H](N(C/C=C\COCC(=C)CN(CCC(F)(F)C(F)(F)C(F)(F)C(F)(F)C(F)(F)C(F)(F)C(F)(F)C(F)(F)F)S(=O)(=O)c2ccc(C)cc2)S(=O)(=O)c2ccccc2[N+](=O)[O-])C1. The average molecular weight is 1060 g/mol.